The maximum Gasteiger partial charge on any atom is 0.264 e. The summed E-state index contributed by atoms with van der Waals surface area (Å²) in [5.41, 5.74) is 4.26. The Morgan fingerprint density at radius 2 is 2.18 bits per heavy atom. The monoisotopic (exact) mass is 387 g/mol. The van der Waals surface area contributed by atoms with Gasteiger partial charge in [-0.2, -0.15) is 0 Å². The predicted octanol–water partition coefficient (Wildman–Crippen LogP) is 3.93. The Labute approximate surface area is 166 Å². The number of benzene rings is 2. The van der Waals surface area contributed by atoms with Gasteiger partial charge in [-0.3, -0.25) is 14.8 Å². The summed E-state index contributed by atoms with van der Waals surface area (Å²) < 4.78 is 5.53. The smallest absolute Gasteiger partial charge is 0.264 e. The van der Waals surface area contributed by atoms with Crippen molar-refractivity contribution < 1.29 is 9.53 Å². The summed E-state index contributed by atoms with van der Waals surface area (Å²) in [4.78, 5) is 21.8. The number of aromatic nitrogens is 1. The van der Waals surface area contributed by atoms with Crippen LogP contribution >= 0.6 is 11.8 Å². The molecule has 3 heterocycles. The minimum absolute atomic E-state index is 0.114. The first-order valence-corrected chi connectivity index (χ1v) is 9.91. The summed E-state index contributed by atoms with van der Waals surface area (Å²) in [6, 6.07) is 16.0. The van der Waals surface area contributed by atoms with Crippen molar-refractivity contribution in [1.29, 1.82) is 0 Å². The third kappa shape index (κ3) is 3.39. The number of nitrogens with one attached hydrogen (secondary N) is 1. The second-order valence-electron chi connectivity index (χ2n) is 6.68. The molecule has 5 rings (SSSR count). The van der Waals surface area contributed by atoms with Gasteiger partial charge in [-0.15, -0.1) is 0 Å². The number of hydrogen-bond acceptors (Lipinski definition) is 5. The zero-order chi connectivity index (χ0) is 18.9. The molecule has 138 valence electrons. The molecule has 2 aliphatic rings. The van der Waals surface area contributed by atoms with Crippen LogP contribution in [0.3, 0.4) is 0 Å². The van der Waals surface area contributed by atoms with E-state index in [4.69, 9.17) is 4.74 Å². The summed E-state index contributed by atoms with van der Waals surface area (Å²) in [5, 5.41) is 4.54. The highest BCUT2D eigenvalue weighted by molar-refractivity contribution is 8.18. The van der Waals surface area contributed by atoms with Crippen LogP contribution in [0.4, 0.5) is 0 Å². The van der Waals surface area contributed by atoms with Crippen molar-refractivity contribution >= 4 is 39.8 Å². The van der Waals surface area contributed by atoms with Crippen LogP contribution in [0, 0.1) is 0 Å². The molecule has 0 atom stereocenters. The summed E-state index contributed by atoms with van der Waals surface area (Å²) in [6.45, 7) is 1.28. The van der Waals surface area contributed by atoms with Gasteiger partial charge in [0.05, 0.1) is 23.6 Å². The number of fused-ring (bicyclic) bond motifs is 2. The number of hydrogen-bond donors (Lipinski definition) is 1. The molecule has 1 aromatic heterocycles. The molecule has 0 aliphatic carbocycles. The maximum absolute atomic E-state index is 12.3. The molecule has 1 fully saturated rings. The first-order chi connectivity index (χ1) is 13.7. The number of pyridine rings is 1. The highest BCUT2D eigenvalue weighted by Crippen LogP contribution is 2.28. The number of carbonyl (C=O) groups excluding carboxylic acids is 1. The van der Waals surface area contributed by atoms with Gasteiger partial charge in [0.1, 0.15) is 5.75 Å². The number of ether oxygens (including phenoxy) is 1. The summed E-state index contributed by atoms with van der Waals surface area (Å²) >= 11 is 1.37. The fraction of sp³-hybridized carbons (Fsp3) is 0.136. The number of nitrogens with zero attached hydrogens (tertiary/aromatic N) is 2. The van der Waals surface area contributed by atoms with E-state index in [0.717, 1.165) is 40.8 Å². The maximum atomic E-state index is 12.3. The number of aliphatic imine (C=N–C) groups is 1. The van der Waals surface area contributed by atoms with Crippen molar-refractivity contribution in [3.63, 3.8) is 0 Å². The zero-order valence-electron chi connectivity index (χ0n) is 15.0. The first kappa shape index (κ1) is 17.0. The van der Waals surface area contributed by atoms with Gasteiger partial charge in [0.2, 0.25) is 0 Å². The molecule has 1 saturated heterocycles. The van der Waals surface area contributed by atoms with E-state index in [2.05, 4.69) is 21.4 Å². The molecule has 5 nitrogen and oxygen atoms in total. The van der Waals surface area contributed by atoms with Crippen LogP contribution in [0.1, 0.15) is 16.7 Å². The summed E-state index contributed by atoms with van der Waals surface area (Å²) in [6.07, 6.45) is 4.61. The van der Waals surface area contributed by atoms with E-state index in [0.29, 0.717) is 16.6 Å². The molecule has 0 bridgehead atoms. The summed E-state index contributed by atoms with van der Waals surface area (Å²) in [7, 11) is 0. The normalized spacial score (nSPS) is 18.5. The lowest BCUT2D eigenvalue weighted by Gasteiger charge is -2.02. The van der Waals surface area contributed by atoms with Gasteiger partial charge in [0.25, 0.3) is 5.91 Å². The molecule has 0 unspecified atom stereocenters. The second kappa shape index (κ2) is 7.13. The van der Waals surface area contributed by atoms with Crippen LogP contribution in [0.15, 0.2) is 64.6 Å². The lowest BCUT2D eigenvalue weighted by atomic mass is 10.1. The number of amides is 1. The van der Waals surface area contributed by atoms with E-state index in [1.54, 1.807) is 6.20 Å². The Kier molecular flexibility index (Phi) is 4.33. The molecule has 2 aromatic carbocycles. The molecule has 3 aromatic rings. The van der Waals surface area contributed by atoms with Crippen LogP contribution < -0.4 is 10.1 Å². The number of rotatable bonds is 3. The van der Waals surface area contributed by atoms with E-state index < -0.39 is 0 Å². The highest BCUT2D eigenvalue weighted by atomic mass is 32.2. The third-order valence-electron chi connectivity index (χ3n) is 4.73. The van der Waals surface area contributed by atoms with Gasteiger partial charge >= 0.3 is 0 Å². The second-order valence-corrected chi connectivity index (χ2v) is 7.71. The topological polar surface area (TPSA) is 63.6 Å². The van der Waals surface area contributed by atoms with Crippen LogP contribution in [0.2, 0.25) is 0 Å². The Hall–Kier alpha value is -3.12. The van der Waals surface area contributed by atoms with Crippen LogP contribution in [-0.4, -0.2) is 22.7 Å². The van der Waals surface area contributed by atoms with Crippen molar-refractivity contribution in [3.05, 3.63) is 76.3 Å². The number of carbonyl (C=O) groups is 1. The van der Waals surface area contributed by atoms with Gasteiger partial charge in [-0.25, -0.2) is 0 Å². The molecule has 1 N–H and O–H groups in total. The van der Waals surface area contributed by atoms with E-state index in [1.807, 2.05) is 48.5 Å². The van der Waals surface area contributed by atoms with Crippen LogP contribution in [0.5, 0.6) is 5.75 Å². The molecule has 1 amide bonds. The third-order valence-corrected chi connectivity index (χ3v) is 5.68. The molecular formula is C22H17N3O2S. The van der Waals surface area contributed by atoms with E-state index in [-0.39, 0.29) is 5.91 Å². The Morgan fingerprint density at radius 3 is 3.14 bits per heavy atom. The average Bonchev–Trinajstić information content (AvgIpc) is 3.32. The lowest BCUT2D eigenvalue weighted by Crippen LogP contribution is -2.19. The van der Waals surface area contributed by atoms with Gasteiger partial charge in [0, 0.05) is 18.0 Å². The Balaban J connectivity index is 1.33. The van der Waals surface area contributed by atoms with Gasteiger partial charge in [-0.05, 0) is 58.8 Å². The Morgan fingerprint density at radius 1 is 1.21 bits per heavy atom. The van der Waals surface area contributed by atoms with Crippen molar-refractivity contribution in [2.75, 3.05) is 6.61 Å². The zero-order valence-corrected chi connectivity index (χ0v) is 15.8. The largest absolute Gasteiger partial charge is 0.493 e. The quantitative estimate of drug-likeness (QED) is 0.692. The fourth-order valence-corrected chi connectivity index (χ4v) is 4.16. The molecule has 0 spiro atoms. The molecule has 6 heteroatoms. The van der Waals surface area contributed by atoms with Gasteiger partial charge < -0.3 is 10.1 Å². The highest BCUT2D eigenvalue weighted by Gasteiger charge is 2.23. The van der Waals surface area contributed by atoms with E-state index in [1.165, 1.54) is 17.3 Å². The summed E-state index contributed by atoms with van der Waals surface area (Å²) in [5.74, 6) is 0.855. The molecule has 28 heavy (non-hydrogen) atoms. The standard InChI is InChI=1S/C22H17N3O2S/c26-21-20(12-14-3-5-18-16(10-14)2-1-8-23-18)28-22(25-21)24-13-15-4-6-19-17(11-15)7-9-27-19/h1-6,8,10-12H,7,9,13H2,(H,24,25,26). The molecule has 0 saturated carbocycles. The molecular weight excluding hydrogens is 370 g/mol. The van der Waals surface area contributed by atoms with Crippen molar-refractivity contribution in [1.82, 2.24) is 10.3 Å². The SMILES string of the molecule is O=C1NC(=NCc2ccc3c(c2)CCO3)SC1=Cc1ccc2ncccc2c1. The van der Waals surface area contributed by atoms with E-state index in [9.17, 15) is 4.79 Å². The average molecular weight is 387 g/mol. The lowest BCUT2D eigenvalue weighted by molar-refractivity contribution is -0.115. The van der Waals surface area contributed by atoms with Crippen molar-refractivity contribution in [3.8, 4) is 5.75 Å². The Bertz CT molecular complexity index is 1150. The molecule has 0 radical (unpaired) electrons. The fourth-order valence-electron chi connectivity index (χ4n) is 3.34. The minimum atomic E-state index is -0.114. The van der Waals surface area contributed by atoms with Gasteiger partial charge in [-0.1, -0.05) is 24.3 Å². The molecule has 2 aliphatic heterocycles. The van der Waals surface area contributed by atoms with Crippen molar-refractivity contribution in [2.24, 2.45) is 4.99 Å². The van der Waals surface area contributed by atoms with Crippen LogP contribution in [0.25, 0.3) is 17.0 Å². The van der Waals surface area contributed by atoms with Gasteiger partial charge in [0.15, 0.2) is 5.17 Å². The van der Waals surface area contributed by atoms with Crippen LogP contribution in [-0.2, 0) is 17.8 Å². The first-order valence-electron chi connectivity index (χ1n) is 9.09. The van der Waals surface area contributed by atoms with Crippen molar-refractivity contribution in [2.45, 2.75) is 13.0 Å². The van der Waals surface area contributed by atoms with E-state index >= 15 is 0 Å². The minimum Gasteiger partial charge on any atom is -0.493 e. The predicted molar refractivity (Wildman–Crippen MR) is 112 cm³/mol. The number of thioether (sulfide) groups is 1. The number of amidine groups is 1.